The number of hydrogen-bond acceptors (Lipinski definition) is 3. The minimum absolute atomic E-state index is 0.126. The fourth-order valence-corrected chi connectivity index (χ4v) is 2.36. The van der Waals surface area contributed by atoms with Crippen LogP contribution in [0.1, 0.15) is 5.69 Å². The van der Waals surface area contributed by atoms with Crippen LogP contribution in [0.3, 0.4) is 0 Å². The van der Waals surface area contributed by atoms with Crippen molar-refractivity contribution in [2.45, 2.75) is 6.92 Å². The van der Waals surface area contributed by atoms with Gasteiger partial charge in [0.15, 0.2) is 0 Å². The summed E-state index contributed by atoms with van der Waals surface area (Å²) in [6.45, 7) is 1.93. The number of methoxy groups -OCH3 is 1. The second-order valence-corrected chi connectivity index (χ2v) is 4.30. The highest BCUT2D eigenvalue weighted by atomic mass is 16.5. The van der Waals surface area contributed by atoms with E-state index in [1.165, 1.54) is 0 Å². The van der Waals surface area contributed by atoms with Crippen molar-refractivity contribution in [1.82, 2.24) is 14.8 Å². The van der Waals surface area contributed by atoms with Gasteiger partial charge in [0, 0.05) is 17.8 Å². The van der Waals surface area contributed by atoms with Crippen LogP contribution in [0.2, 0.25) is 0 Å². The molecule has 5 heteroatoms. The molecular formula is C13H13N3O2. The van der Waals surface area contributed by atoms with Gasteiger partial charge in [0.05, 0.1) is 18.2 Å². The van der Waals surface area contributed by atoms with Gasteiger partial charge in [-0.3, -0.25) is 9.48 Å². The first kappa shape index (κ1) is 10.8. The minimum atomic E-state index is -0.126. The van der Waals surface area contributed by atoms with Gasteiger partial charge in [-0.25, -0.2) is 0 Å². The van der Waals surface area contributed by atoms with Gasteiger partial charge in [0.2, 0.25) is 0 Å². The molecule has 0 bridgehead atoms. The van der Waals surface area contributed by atoms with Crippen LogP contribution >= 0.6 is 0 Å². The largest absolute Gasteiger partial charge is 0.497 e. The van der Waals surface area contributed by atoms with Crippen LogP contribution < -0.4 is 10.3 Å². The van der Waals surface area contributed by atoms with Crippen LogP contribution in [-0.2, 0) is 7.05 Å². The number of benzene rings is 1. The molecule has 3 aromatic rings. The number of hydrogen-bond donors (Lipinski definition) is 1. The Morgan fingerprint density at radius 2 is 2.11 bits per heavy atom. The lowest BCUT2D eigenvalue weighted by atomic mass is 10.1. The Morgan fingerprint density at radius 3 is 2.83 bits per heavy atom. The van der Waals surface area contributed by atoms with Gasteiger partial charge >= 0.3 is 0 Å². The number of aromatic nitrogens is 3. The standard InChI is InChI=1S/C13H13N3O2/c1-7-11-9-5-4-8(18-3)6-10(9)13(17)14-12(11)16(2)15-7/h4-6H,1-3H3,(H,14,17). The average molecular weight is 243 g/mol. The Balaban J connectivity index is 2.58. The Kier molecular flexibility index (Phi) is 2.16. The Morgan fingerprint density at radius 1 is 1.33 bits per heavy atom. The van der Waals surface area contributed by atoms with Crippen LogP contribution in [0.4, 0.5) is 0 Å². The van der Waals surface area contributed by atoms with E-state index in [2.05, 4.69) is 10.1 Å². The number of pyridine rings is 1. The first-order valence-electron chi connectivity index (χ1n) is 5.65. The Labute approximate surface area is 103 Å². The maximum absolute atomic E-state index is 12.1. The van der Waals surface area contributed by atoms with E-state index in [0.717, 1.165) is 22.1 Å². The molecular weight excluding hydrogens is 230 g/mol. The Bertz CT molecular complexity index is 814. The molecule has 0 spiro atoms. The number of aromatic amines is 1. The van der Waals surface area contributed by atoms with Gasteiger partial charge in [0.1, 0.15) is 11.4 Å². The second kappa shape index (κ2) is 3.60. The van der Waals surface area contributed by atoms with E-state index in [9.17, 15) is 4.79 Å². The van der Waals surface area contributed by atoms with E-state index < -0.39 is 0 Å². The molecule has 1 N–H and O–H groups in total. The zero-order valence-corrected chi connectivity index (χ0v) is 10.4. The molecule has 0 aliphatic carbocycles. The summed E-state index contributed by atoms with van der Waals surface area (Å²) < 4.78 is 6.84. The van der Waals surface area contributed by atoms with Gasteiger partial charge < -0.3 is 9.72 Å². The molecule has 0 saturated heterocycles. The fourth-order valence-electron chi connectivity index (χ4n) is 2.36. The molecule has 1 aromatic carbocycles. The number of aryl methyl sites for hydroxylation is 2. The summed E-state index contributed by atoms with van der Waals surface area (Å²) in [5.74, 6) is 0.675. The molecule has 0 fully saturated rings. The van der Waals surface area contributed by atoms with Crippen molar-refractivity contribution in [3.05, 3.63) is 34.2 Å². The minimum Gasteiger partial charge on any atom is -0.497 e. The van der Waals surface area contributed by atoms with E-state index >= 15 is 0 Å². The molecule has 18 heavy (non-hydrogen) atoms. The highest BCUT2D eigenvalue weighted by molar-refractivity contribution is 6.05. The molecule has 5 nitrogen and oxygen atoms in total. The van der Waals surface area contributed by atoms with Crippen LogP contribution in [0, 0.1) is 6.92 Å². The molecule has 0 atom stereocenters. The lowest BCUT2D eigenvalue weighted by molar-refractivity contribution is 0.415. The summed E-state index contributed by atoms with van der Waals surface area (Å²) in [6, 6.07) is 5.51. The topological polar surface area (TPSA) is 59.9 Å². The van der Waals surface area contributed by atoms with Gasteiger partial charge in [-0.15, -0.1) is 0 Å². The van der Waals surface area contributed by atoms with E-state index in [-0.39, 0.29) is 5.56 Å². The number of fused-ring (bicyclic) bond motifs is 3. The lowest BCUT2D eigenvalue weighted by Crippen LogP contribution is -2.08. The van der Waals surface area contributed by atoms with Crippen molar-refractivity contribution in [2.24, 2.45) is 7.05 Å². The summed E-state index contributed by atoms with van der Waals surface area (Å²) in [6.07, 6.45) is 0. The third kappa shape index (κ3) is 1.33. The van der Waals surface area contributed by atoms with E-state index in [0.29, 0.717) is 11.1 Å². The predicted molar refractivity (Wildman–Crippen MR) is 70.1 cm³/mol. The molecule has 0 aliphatic heterocycles. The molecule has 2 aromatic heterocycles. The molecule has 0 radical (unpaired) electrons. The van der Waals surface area contributed by atoms with Crippen molar-refractivity contribution in [1.29, 1.82) is 0 Å². The first-order valence-corrected chi connectivity index (χ1v) is 5.65. The molecule has 92 valence electrons. The predicted octanol–water partition coefficient (Wildman–Crippen LogP) is 1.73. The monoisotopic (exact) mass is 243 g/mol. The SMILES string of the molecule is COc1ccc2c(c1)c(=O)[nH]c1c2c(C)nn1C. The normalized spacial score (nSPS) is 11.3. The van der Waals surface area contributed by atoms with Crippen LogP contribution in [-0.4, -0.2) is 21.9 Å². The zero-order valence-electron chi connectivity index (χ0n) is 10.4. The number of nitrogens with zero attached hydrogens (tertiary/aromatic N) is 2. The summed E-state index contributed by atoms with van der Waals surface area (Å²) in [5.41, 5.74) is 1.52. The fraction of sp³-hybridized carbons (Fsp3) is 0.231. The average Bonchev–Trinajstić information content (AvgIpc) is 2.64. The first-order chi connectivity index (χ1) is 8.61. The summed E-state index contributed by atoms with van der Waals surface area (Å²) in [7, 11) is 3.41. The van der Waals surface area contributed by atoms with Crippen molar-refractivity contribution in [3.63, 3.8) is 0 Å². The molecule has 3 rings (SSSR count). The van der Waals surface area contributed by atoms with Gasteiger partial charge in [-0.2, -0.15) is 5.10 Å². The number of H-pyrrole nitrogens is 1. The van der Waals surface area contributed by atoms with Crippen LogP contribution in [0.5, 0.6) is 5.75 Å². The summed E-state index contributed by atoms with van der Waals surface area (Å²) in [4.78, 5) is 14.9. The maximum Gasteiger partial charge on any atom is 0.257 e. The number of nitrogens with one attached hydrogen (secondary N) is 1. The lowest BCUT2D eigenvalue weighted by Gasteiger charge is -2.03. The summed E-state index contributed by atoms with van der Waals surface area (Å²) >= 11 is 0. The van der Waals surface area contributed by atoms with Crippen LogP contribution in [0.25, 0.3) is 21.8 Å². The van der Waals surface area contributed by atoms with E-state index in [1.807, 2.05) is 26.1 Å². The Hall–Kier alpha value is -2.30. The molecule has 2 heterocycles. The molecule has 0 saturated carbocycles. The maximum atomic E-state index is 12.1. The van der Waals surface area contributed by atoms with E-state index in [4.69, 9.17) is 4.74 Å². The summed E-state index contributed by atoms with van der Waals surface area (Å²) in [5, 5.41) is 6.85. The van der Waals surface area contributed by atoms with Gasteiger partial charge in [0.25, 0.3) is 5.56 Å². The number of ether oxygens (including phenoxy) is 1. The van der Waals surface area contributed by atoms with E-state index in [1.54, 1.807) is 17.9 Å². The molecule has 0 aliphatic rings. The van der Waals surface area contributed by atoms with Crippen molar-refractivity contribution < 1.29 is 4.74 Å². The highest BCUT2D eigenvalue weighted by Gasteiger charge is 2.12. The van der Waals surface area contributed by atoms with Gasteiger partial charge in [-0.1, -0.05) is 0 Å². The quantitative estimate of drug-likeness (QED) is 0.708. The molecule has 0 amide bonds. The third-order valence-corrected chi connectivity index (χ3v) is 3.19. The zero-order chi connectivity index (χ0) is 12.9. The third-order valence-electron chi connectivity index (χ3n) is 3.19. The smallest absolute Gasteiger partial charge is 0.257 e. The van der Waals surface area contributed by atoms with Crippen molar-refractivity contribution in [2.75, 3.05) is 7.11 Å². The van der Waals surface area contributed by atoms with Crippen LogP contribution in [0.15, 0.2) is 23.0 Å². The van der Waals surface area contributed by atoms with Crippen molar-refractivity contribution >= 4 is 21.8 Å². The van der Waals surface area contributed by atoms with Crippen molar-refractivity contribution in [3.8, 4) is 5.75 Å². The molecule has 0 unspecified atom stereocenters. The number of rotatable bonds is 1. The second-order valence-electron chi connectivity index (χ2n) is 4.30. The highest BCUT2D eigenvalue weighted by Crippen LogP contribution is 2.26. The van der Waals surface area contributed by atoms with Gasteiger partial charge in [-0.05, 0) is 25.1 Å².